The monoisotopic (exact) mass is 763 g/mol. The molecule has 5 nitrogen and oxygen atoms in total. The molecule has 0 unspecified atom stereocenters. The van der Waals surface area contributed by atoms with Gasteiger partial charge >= 0.3 is 278 Å². The van der Waals surface area contributed by atoms with Crippen molar-refractivity contribution in [1.29, 1.82) is 0 Å². The van der Waals surface area contributed by atoms with Gasteiger partial charge in [0.2, 0.25) is 0 Å². The Hall–Kier alpha value is -0.130. The van der Waals surface area contributed by atoms with Gasteiger partial charge in [0.1, 0.15) is 0 Å². The van der Waals surface area contributed by atoms with Gasteiger partial charge in [0, 0.05) is 0 Å². The summed E-state index contributed by atoms with van der Waals surface area (Å²) < 4.78 is 140. The molecule has 0 radical (unpaired) electrons. The molecule has 48 heavy (non-hydrogen) atoms. The molecule has 0 aliphatic heterocycles. The Bertz CT molecular complexity index is 975. The first-order chi connectivity index (χ1) is 22.4. The second-order valence-corrected chi connectivity index (χ2v) is 24.3. The molecule has 0 saturated carbocycles. The summed E-state index contributed by atoms with van der Waals surface area (Å²) in [6.45, 7) is 2.88. The summed E-state index contributed by atoms with van der Waals surface area (Å²) in [6, 6.07) is 0. The van der Waals surface area contributed by atoms with Crippen LogP contribution >= 0.6 is 6.75 Å². The van der Waals surface area contributed by atoms with Gasteiger partial charge in [-0.1, -0.05) is 13.3 Å². The van der Waals surface area contributed by atoms with Gasteiger partial charge in [-0.25, -0.2) is 0 Å². The molecule has 0 bridgehead atoms. The Balaban J connectivity index is 6.94. The number of hydrogen-bond acceptors (Lipinski definition) is 4. The van der Waals surface area contributed by atoms with E-state index in [0.29, 0.717) is 51.4 Å². The fourth-order valence-electron chi connectivity index (χ4n) is 7.10. The molecule has 0 amide bonds. The standard InChI is InChI=1S/C34H68F6NO4PS2/c1-5-9-13-17-18-19-20-21-22-23-24-28-32-46(29-25-14-10-6-2,30-26-15-11-7-3,31-27-16-12-8-4)41(47(42,43)33(35,36)37)48(44,45)34(38,39)40/h5-32H2,1-4H3. The van der Waals surface area contributed by atoms with E-state index in [0.717, 1.165) is 44.9 Å². The Morgan fingerprint density at radius 2 is 0.562 bits per heavy atom. The topological polar surface area (TPSA) is 71.5 Å². The number of alkyl halides is 6. The summed E-state index contributed by atoms with van der Waals surface area (Å²) in [7, 11) is -13.8. The Kier molecular flexibility index (Phi) is 23.4. The zero-order valence-corrected chi connectivity index (χ0v) is 32.9. The molecule has 0 heterocycles. The van der Waals surface area contributed by atoms with Crippen LogP contribution in [0.3, 0.4) is 0 Å². The molecule has 0 aliphatic rings. The third-order valence-electron chi connectivity index (χ3n) is 9.80. The average Bonchev–Trinajstić information content (AvgIpc) is 2.99. The van der Waals surface area contributed by atoms with Crippen molar-refractivity contribution in [3.8, 4) is 0 Å². The number of nitrogens with zero attached hydrogens (tertiary/aromatic N) is 1. The average molecular weight is 764 g/mol. The molecule has 0 fully saturated rings. The van der Waals surface area contributed by atoms with Gasteiger partial charge in [0.15, 0.2) is 0 Å². The quantitative estimate of drug-likeness (QED) is 0.0400. The first-order valence-corrected chi connectivity index (χ1v) is 24.7. The molecule has 292 valence electrons. The van der Waals surface area contributed by atoms with Gasteiger partial charge < -0.3 is 0 Å². The SMILES string of the molecule is CCCCCCCCCCCCCCP(CCCCCC)(CCCCCC)(CCCCCC)N(S(=O)(=O)C(F)(F)F)S(=O)(=O)C(F)(F)F. The zero-order chi connectivity index (χ0) is 36.8. The van der Waals surface area contributed by atoms with E-state index in [4.69, 9.17) is 0 Å². The molecule has 0 spiro atoms. The Labute approximate surface area is 290 Å². The third-order valence-corrected chi connectivity index (χ3v) is 23.8. The van der Waals surface area contributed by atoms with E-state index >= 15 is 0 Å². The van der Waals surface area contributed by atoms with Crippen molar-refractivity contribution in [3.05, 3.63) is 0 Å². The molecule has 0 saturated heterocycles. The van der Waals surface area contributed by atoms with Crippen molar-refractivity contribution in [2.45, 2.75) is 193 Å². The molecular formula is C34H68F6NO4PS2. The van der Waals surface area contributed by atoms with E-state index in [-0.39, 0.29) is 50.3 Å². The van der Waals surface area contributed by atoms with E-state index in [1.165, 1.54) is 32.1 Å². The summed E-state index contributed by atoms with van der Waals surface area (Å²) in [6.07, 6.45) is 16.6. The molecule has 14 heteroatoms. The molecule has 0 rings (SSSR count). The van der Waals surface area contributed by atoms with Crippen molar-refractivity contribution in [2.24, 2.45) is 0 Å². The van der Waals surface area contributed by atoms with Crippen molar-refractivity contribution in [3.63, 3.8) is 0 Å². The van der Waals surface area contributed by atoms with Crippen LogP contribution < -0.4 is 0 Å². The fraction of sp³-hybridized carbons (Fsp3) is 1.00. The molecular weight excluding hydrogens is 695 g/mol. The number of unbranched alkanes of at least 4 members (excludes halogenated alkanes) is 20. The van der Waals surface area contributed by atoms with Crippen molar-refractivity contribution >= 4 is 26.8 Å². The predicted octanol–water partition coefficient (Wildman–Crippen LogP) is 12.9. The maximum absolute atomic E-state index is 14.5. The zero-order valence-electron chi connectivity index (χ0n) is 30.4. The third kappa shape index (κ3) is 15.2. The molecule has 0 N–H and O–H groups in total. The van der Waals surface area contributed by atoms with Crippen LogP contribution in [0.25, 0.3) is 0 Å². The van der Waals surface area contributed by atoms with Crippen LogP contribution in [-0.4, -0.2) is 56.0 Å². The van der Waals surface area contributed by atoms with Gasteiger partial charge in [-0.15, -0.1) is 0 Å². The van der Waals surface area contributed by atoms with Gasteiger partial charge in [0.25, 0.3) is 0 Å². The van der Waals surface area contributed by atoms with Crippen LogP contribution in [0.2, 0.25) is 0 Å². The van der Waals surface area contributed by atoms with E-state index in [2.05, 4.69) is 6.92 Å². The number of halogens is 6. The Morgan fingerprint density at radius 3 is 0.771 bits per heavy atom. The van der Waals surface area contributed by atoms with Gasteiger partial charge in [0.05, 0.1) is 0 Å². The Morgan fingerprint density at radius 1 is 0.375 bits per heavy atom. The van der Waals surface area contributed by atoms with Gasteiger partial charge in [-0.05, 0) is 0 Å². The van der Waals surface area contributed by atoms with Crippen LogP contribution in [0, 0.1) is 0 Å². The molecule has 0 aromatic heterocycles. The number of rotatable bonds is 31. The second-order valence-electron chi connectivity index (χ2n) is 14.0. The summed E-state index contributed by atoms with van der Waals surface area (Å²) in [5, 5.41) is 0. The summed E-state index contributed by atoms with van der Waals surface area (Å²) in [5.41, 5.74) is -12.4. The number of sulfonamides is 2. The first kappa shape index (κ1) is 47.9. The summed E-state index contributed by atoms with van der Waals surface area (Å²) in [4.78, 5) is 0. The van der Waals surface area contributed by atoms with Crippen molar-refractivity contribution in [2.75, 3.05) is 24.6 Å². The maximum atomic E-state index is 14.5. The van der Waals surface area contributed by atoms with E-state index < -0.39 is 41.3 Å². The van der Waals surface area contributed by atoms with Crippen LogP contribution in [0.4, 0.5) is 26.3 Å². The van der Waals surface area contributed by atoms with E-state index in [1.54, 1.807) is 0 Å². The van der Waals surface area contributed by atoms with Crippen LogP contribution in [0.5, 0.6) is 0 Å². The second kappa shape index (κ2) is 23.4. The molecule has 0 aliphatic carbocycles. The van der Waals surface area contributed by atoms with Crippen molar-refractivity contribution in [1.82, 2.24) is 3.48 Å². The minimum absolute atomic E-state index is 0.183. The first-order valence-electron chi connectivity index (χ1n) is 18.9. The van der Waals surface area contributed by atoms with Crippen LogP contribution in [0.1, 0.15) is 182 Å². The minimum atomic E-state index is -6.91. The van der Waals surface area contributed by atoms with Gasteiger partial charge in [-0.3, -0.25) is 0 Å². The van der Waals surface area contributed by atoms with Gasteiger partial charge in [-0.2, -0.15) is 0 Å². The summed E-state index contributed by atoms with van der Waals surface area (Å²) >= 11 is 0. The summed E-state index contributed by atoms with van der Waals surface area (Å²) in [5.74, 6) is 0. The molecule has 0 aromatic carbocycles. The van der Waals surface area contributed by atoms with Crippen LogP contribution in [-0.2, 0) is 20.0 Å². The molecule has 0 aromatic rings. The number of hydrogen-bond donors (Lipinski definition) is 0. The van der Waals surface area contributed by atoms with Crippen molar-refractivity contribution < 1.29 is 43.2 Å². The van der Waals surface area contributed by atoms with E-state index in [9.17, 15) is 43.2 Å². The molecule has 0 atom stereocenters. The fourth-order valence-corrected chi connectivity index (χ4v) is 22.5. The normalized spacial score (nSPS) is 14.4. The van der Waals surface area contributed by atoms with E-state index in [1.807, 2.05) is 20.8 Å². The van der Waals surface area contributed by atoms with Crippen LogP contribution in [0.15, 0.2) is 0 Å². The predicted molar refractivity (Wildman–Crippen MR) is 192 cm³/mol.